The van der Waals surface area contributed by atoms with Gasteiger partial charge in [0.05, 0.1) is 24.9 Å². The molecule has 0 fully saturated rings. The molecule has 0 saturated carbocycles. The molecular weight excluding hydrogens is 390 g/mol. The molecule has 6 nitrogen and oxygen atoms in total. The van der Waals surface area contributed by atoms with E-state index < -0.39 is 0 Å². The number of carbonyl (C=O) groups is 2. The van der Waals surface area contributed by atoms with Crippen LogP contribution in [0, 0.1) is 13.8 Å². The van der Waals surface area contributed by atoms with Gasteiger partial charge in [0.25, 0.3) is 11.8 Å². The molecule has 2 heterocycles. The Morgan fingerprint density at radius 2 is 1.81 bits per heavy atom. The number of methoxy groups -OCH3 is 1. The standard InChI is InChI=1S/C25H23N3O3/c1-16-10-11-21(17(2)13-16)22-23(27-18-8-6-9-20(14-18)31-3)25(30)28(24(22)29)15-19-7-4-5-12-26-19/h4-14,27H,15H2,1-3H3. The number of aromatic nitrogens is 1. The Balaban J connectivity index is 1.78. The summed E-state index contributed by atoms with van der Waals surface area (Å²) in [6, 6.07) is 18.5. The minimum absolute atomic E-state index is 0.107. The van der Waals surface area contributed by atoms with Crippen molar-refractivity contribution in [3.8, 4) is 5.75 Å². The van der Waals surface area contributed by atoms with Gasteiger partial charge in [-0.3, -0.25) is 19.5 Å². The first kappa shape index (κ1) is 20.3. The van der Waals surface area contributed by atoms with Gasteiger partial charge in [-0.15, -0.1) is 0 Å². The van der Waals surface area contributed by atoms with E-state index in [0.29, 0.717) is 22.7 Å². The van der Waals surface area contributed by atoms with Crippen LogP contribution < -0.4 is 10.1 Å². The summed E-state index contributed by atoms with van der Waals surface area (Å²) < 4.78 is 5.28. The molecule has 1 aliphatic rings. The molecule has 2 aromatic carbocycles. The minimum atomic E-state index is -0.381. The molecule has 0 spiro atoms. The van der Waals surface area contributed by atoms with Gasteiger partial charge in [0.2, 0.25) is 0 Å². The van der Waals surface area contributed by atoms with E-state index in [0.717, 1.165) is 16.7 Å². The lowest BCUT2D eigenvalue weighted by atomic mass is 9.97. The highest BCUT2D eigenvalue weighted by Crippen LogP contribution is 2.33. The Kier molecular flexibility index (Phi) is 5.54. The third kappa shape index (κ3) is 4.05. The third-order valence-corrected chi connectivity index (χ3v) is 5.20. The van der Waals surface area contributed by atoms with Crippen molar-refractivity contribution in [2.24, 2.45) is 0 Å². The van der Waals surface area contributed by atoms with Gasteiger partial charge < -0.3 is 10.1 Å². The number of nitrogens with zero attached hydrogens (tertiary/aromatic N) is 2. The lowest BCUT2D eigenvalue weighted by Crippen LogP contribution is -2.32. The van der Waals surface area contributed by atoms with Crippen molar-refractivity contribution in [1.29, 1.82) is 0 Å². The van der Waals surface area contributed by atoms with Crippen molar-refractivity contribution >= 4 is 23.1 Å². The Bertz CT molecular complexity index is 1190. The number of benzene rings is 2. The molecule has 0 radical (unpaired) electrons. The summed E-state index contributed by atoms with van der Waals surface area (Å²) in [6.07, 6.45) is 1.65. The van der Waals surface area contributed by atoms with E-state index in [-0.39, 0.29) is 24.1 Å². The number of ether oxygens (including phenoxy) is 1. The number of anilines is 1. The van der Waals surface area contributed by atoms with E-state index in [1.54, 1.807) is 31.5 Å². The Hall–Kier alpha value is -3.93. The fourth-order valence-electron chi connectivity index (χ4n) is 3.68. The van der Waals surface area contributed by atoms with E-state index in [1.807, 2.05) is 56.3 Å². The predicted molar refractivity (Wildman–Crippen MR) is 119 cm³/mol. The van der Waals surface area contributed by atoms with Crippen LogP contribution in [0.25, 0.3) is 5.57 Å². The molecule has 0 saturated heterocycles. The van der Waals surface area contributed by atoms with Crippen LogP contribution in [0.5, 0.6) is 5.75 Å². The number of imide groups is 1. The molecule has 6 heteroatoms. The first-order chi connectivity index (χ1) is 15.0. The van der Waals surface area contributed by atoms with Crippen LogP contribution in [0.2, 0.25) is 0 Å². The zero-order valence-corrected chi connectivity index (χ0v) is 17.7. The number of hydrogen-bond acceptors (Lipinski definition) is 5. The molecule has 0 aliphatic carbocycles. The Labute approximate surface area is 181 Å². The lowest BCUT2D eigenvalue weighted by Gasteiger charge is -2.15. The molecule has 0 bridgehead atoms. The molecule has 0 atom stereocenters. The van der Waals surface area contributed by atoms with Gasteiger partial charge in [-0.1, -0.05) is 35.9 Å². The SMILES string of the molecule is COc1cccc(NC2=C(c3ccc(C)cc3C)C(=O)N(Cc3ccccn3)C2=O)c1. The van der Waals surface area contributed by atoms with E-state index in [4.69, 9.17) is 4.74 Å². The zero-order valence-electron chi connectivity index (χ0n) is 17.7. The number of aryl methyl sites for hydroxylation is 2. The van der Waals surface area contributed by atoms with E-state index in [2.05, 4.69) is 10.3 Å². The summed E-state index contributed by atoms with van der Waals surface area (Å²) in [7, 11) is 1.58. The molecule has 1 aromatic heterocycles. The smallest absolute Gasteiger partial charge is 0.278 e. The molecule has 1 N–H and O–H groups in total. The number of pyridine rings is 1. The second-order valence-corrected chi connectivity index (χ2v) is 7.44. The van der Waals surface area contributed by atoms with Crippen molar-refractivity contribution in [1.82, 2.24) is 9.88 Å². The molecule has 156 valence electrons. The maximum absolute atomic E-state index is 13.4. The highest BCUT2D eigenvalue weighted by Gasteiger charge is 2.39. The number of rotatable bonds is 6. The third-order valence-electron chi connectivity index (χ3n) is 5.20. The van der Waals surface area contributed by atoms with Crippen LogP contribution >= 0.6 is 0 Å². The first-order valence-corrected chi connectivity index (χ1v) is 9.97. The summed E-state index contributed by atoms with van der Waals surface area (Å²) in [5.41, 5.74) is 4.68. The van der Waals surface area contributed by atoms with E-state index in [1.165, 1.54) is 4.90 Å². The fraction of sp³-hybridized carbons (Fsp3) is 0.160. The fourth-order valence-corrected chi connectivity index (χ4v) is 3.68. The Morgan fingerprint density at radius 3 is 2.52 bits per heavy atom. The molecule has 2 amide bonds. The number of nitrogens with one attached hydrogen (secondary N) is 1. The quantitative estimate of drug-likeness (QED) is 0.616. The largest absolute Gasteiger partial charge is 0.497 e. The minimum Gasteiger partial charge on any atom is -0.497 e. The van der Waals surface area contributed by atoms with Crippen molar-refractivity contribution in [3.05, 3.63) is 94.9 Å². The van der Waals surface area contributed by atoms with Gasteiger partial charge in [0.1, 0.15) is 11.4 Å². The van der Waals surface area contributed by atoms with Crippen molar-refractivity contribution in [2.75, 3.05) is 12.4 Å². The number of hydrogen-bond donors (Lipinski definition) is 1. The van der Waals surface area contributed by atoms with Gasteiger partial charge in [-0.05, 0) is 49.2 Å². The summed E-state index contributed by atoms with van der Waals surface area (Å²) in [6.45, 7) is 4.05. The van der Waals surface area contributed by atoms with Gasteiger partial charge in [0.15, 0.2) is 0 Å². The maximum atomic E-state index is 13.4. The maximum Gasteiger partial charge on any atom is 0.278 e. The molecule has 3 aromatic rings. The normalized spacial score (nSPS) is 13.7. The number of carbonyl (C=O) groups excluding carboxylic acids is 2. The van der Waals surface area contributed by atoms with E-state index in [9.17, 15) is 9.59 Å². The second-order valence-electron chi connectivity index (χ2n) is 7.44. The summed E-state index contributed by atoms with van der Waals surface area (Å²) in [4.78, 5) is 32.3. The predicted octanol–water partition coefficient (Wildman–Crippen LogP) is 4.10. The average molecular weight is 413 g/mol. The van der Waals surface area contributed by atoms with Crippen molar-refractivity contribution in [2.45, 2.75) is 20.4 Å². The molecular formula is C25H23N3O3. The molecule has 4 rings (SSSR count). The molecule has 31 heavy (non-hydrogen) atoms. The highest BCUT2D eigenvalue weighted by atomic mass is 16.5. The average Bonchev–Trinajstić information content (AvgIpc) is 2.99. The van der Waals surface area contributed by atoms with Crippen molar-refractivity contribution < 1.29 is 14.3 Å². The first-order valence-electron chi connectivity index (χ1n) is 9.97. The van der Waals surface area contributed by atoms with Gasteiger partial charge >= 0.3 is 0 Å². The van der Waals surface area contributed by atoms with Gasteiger partial charge in [-0.2, -0.15) is 0 Å². The summed E-state index contributed by atoms with van der Waals surface area (Å²) >= 11 is 0. The van der Waals surface area contributed by atoms with Gasteiger partial charge in [-0.25, -0.2) is 0 Å². The Morgan fingerprint density at radius 1 is 0.968 bits per heavy atom. The zero-order chi connectivity index (χ0) is 22.0. The van der Waals surface area contributed by atoms with Crippen LogP contribution in [0.3, 0.4) is 0 Å². The van der Waals surface area contributed by atoms with Gasteiger partial charge in [0, 0.05) is 18.0 Å². The van der Waals surface area contributed by atoms with Crippen LogP contribution in [0.15, 0.2) is 72.6 Å². The highest BCUT2D eigenvalue weighted by molar-refractivity contribution is 6.36. The van der Waals surface area contributed by atoms with Crippen LogP contribution in [0.4, 0.5) is 5.69 Å². The molecule has 0 unspecified atom stereocenters. The topological polar surface area (TPSA) is 71.5 Å². The van der Waals surface area contributed by atoms with Crippen LogP contribution in [-0.2, 0) is 16.1 Å². The van der Waals surface area contributed by atoms with E-state index >= 15 is 0 Å². The number of amides is 2. The van der Waals surface area contributed by atoms with Crippen LogP contribution in [-0.4, -0.2) is 28.8 Å². The second kappa shape index (κ2) is 8.44. The summed E-state index contributed by atoms with van der Waals surface area (Å²) in [5.74, 6) is -0.0674. The lowest BCUT2D eigenvalue weighted by molar-refractivity contribution is -0.137. The summed E-state index contributed by atoms with van der Waals surface area (Å²) in [5, 5.41) is 3.17. The van der Waals surface area contributed by atoms with Crippen molar-refractivity contribution in [3.63, 3.8) is 0 Å². The monoisotopic (exact) mass is 413 g/mol. The van der Waals surface area contributed by atoms with Crippen LogP contribution in [0.1, 0.15) is 22.4 Å². The molecule has 1 aliphatic heterocycles.